The molecule has 1 N–H and O–H groups in total. The molecule has 1 fully saturated rings. The number of nitrogens with zero attached hydrogens (tertiary/aromatic N) is 2. The second-order valence-electron chi connectivity index (χ2n) is 4.62. The van der Waals surface area contributed by atoms with Gasteiger partial charge in [-0.05, 0) is 44.0 Å². The molecule has 88 valence electrons. The van der Waals surface area contributed by atoms with Crippen LogP contribution in [0.15, 0.2) is 18.3 Å². The fraction of sp³-hybridized carbons (Fsp3) is 0.615. The standard InChI is InChI=1S/C13H21N3/c1-3-7-14-13-9-11(6-8-15-13)10-16(2)12-4-5-12/h6,8-9,12H,3-5,7,10H2,1-2H3,(H,14,15). The summed E-state index contributed by atoms with van der Waals surface area (Å²) < 4.78 is 0. The number of hydrogen-bond donors (Lipinski definition) is 1. The molecule has 0 aromatic carbocycles. The summed E-state index contributed by atoms with van der Waals surface area (Å²) in [5.74, 6) is 1.00. The fourth-order valence-corrected chi connectivity index (χ4v) is 1.85. The van der Waals surface area contributed by atoms with E-state index < -0.39 is 0 Å². The minimum absolute atomic E-state index is 0.820. The van der Waals surface area contributed by atoms with E-state index in [1.807, 2.05) is 6.20 Å². The lowest BCUT2D eigenvalue weighted by molar-refractivity contribution is 0.316. The minimum atomic E-state index is 0.820. The van der Waals surface area contributed by atoms with Crippen LogP contribution < -0.4 is 5.32 Å². The van der Waals surface area contributed by atoms with Gasteiger partial charge in [0.15, 0.2) is 0 Å². The predicted octanol–water partition coefficient (Wildman–Crippen LogP) is 2.50. The first-order valence-electron chi connectivity index (χ1n) is 6.18. The van der Waals surface area contributed by atoms with Crippen LogP contribution in [-0.4, -0.2) is 29.5 Å². The van der Waals surface area contributed by atoms with Crippen LogP contribution in [-0.2, 0) is 6.54 Å². The Kier molecular flexibility index (Phi) is 3.78. The molecule has 1 aromatic heterocycles. The highest BCUT2D eigenvalue weighted by Gasteiger charge is 2.25. The molecule has 3 nitrogen and oxygen atoms in total. The molecule has 0 saturated heterocycles. The van der Waals surface area contributed by atoms with Crippen molar-refractivity contribution in [2.24, 2.45) is 0 Å². The van der Waals surface area contributed by atoms with Crippen LogP contribution in [0.3, 0.4) is 0 Å². The van der Waals surface area contributed by atoms with Crippen molar-refractivity contribution in [1.29, 1.82) is 0 Å². The fourth-order valence-electron chi connectivity index (χ4n) is 1.85. The third kappa shape index (κ3) is 3.20. The SMILES string of the molecule is CCCNc1cc(CN(C)C2CC2)ccn1. The van der Waals surface area contributed by atoms with Crippen molar-refractivity contribution in [3.05, 3.63) is 23.9 Å². The van der Waals surface area contributed by atoms with E-state index in [-0.39, 0.29) is 0 Å². The Morgan fingerprint density at radius 1 is 1.50 bits per heavy atom. The normalized spacial score (nSPS) is 15.4. The van der Waals surface area contributed by atoms with Crippen molar-refractivity contribution < 1.29 is 0 Å². The van der Waals surface area contributed by atoms with Crippen LogP contribution in [0.1, 0.15) is 31.7 Å². The quantitative estimate of drug-likeness (QED) is 0.796. The number of aromatic nitrogens is 1. The second kappa shape index (κ2) is 5.30. The minimum Gasteiger partial charge on any atom is -0.370 e. The molecule has 1 saturated carbocycles. The molecular formula is C13H21N3. The molecule has 1 aromatic rings. The van der Waals surface area contributed by atoms with Gasteiger partial charge in [-0.1, -0.05) is 6.92 Å². The summed E-state index contributed by atoms with van der Waals surface area (Å²) in [5.41, 5.74) is 1.35. The maximum atomic E-state index is 4.32. The maximum absolute atomic E-state index is 4.32. The zero-order chi connectivity index (χ0) is 11.4. The lowest BCUT2D eigenvalue weighted by Crippen LogP contribution is -2.20. The van der Waals surface area contributed by atoms with Crippen molar-refractivity contribution in [3.8, 4) is 0 Å². The topological polar surface area (TPSA) is 28.2 Å². The molecule has 0 bridgehead atoms. The number of anilines is 1. The molecule has 1 aliphatic rings. The molecule has 1 heterocycles. The highest BCUT2D eigenvalue weighted by molar-refractivity contribution is 5.37. The average Bonchev–Trinajstić information content (AvgIpc) is 3.10. The third-order valence-electron chi connectivity index (χ3n) is 2.98. The van der Waals surface area contributed by atoms with Gasteiger partial charge in [-0.2, -0.15) is 0 Å². The molecule has 0 aliphatic heterocycles. The number of rotatable bonds is 6. The van der Waals surface area contributed by atoms with Gasteiger partial charge >= 0.3 is 0 Å². The molecule has 0 atom stereocenters. The van der Waals surface area contributed by atoms with E-state index >= 15 is 0 Å². The molecule has 3 heteroatoms. The lowest BCUT2D eigenvalue weighted by atomic mass is 10.2. The van der Waals surface area contributed by atoms with Crippen LogP contribution in [0.4, 0.5) is 5.82 Å². The van der Waals surface area contributed by atoms with Crippen LogP contribution in [0, 0.1) is 0 Å². The Morgan fingerprint density at radius 3 is 3.00 bits per heavy atom. The number of hydrogen-bond acceptors (Lipinski definition) is 3. The van der Waals surface area contributed by atoms with E-state index in [1.54, 1.807) is 0 Å². The van der Waals surface area contributed by atoms with Crippen molar-refractivity contribution in [2.75, 3.05) is 18.9 Å². The highest BCUT2D eigenvalue weighted by atomic mass is 15.1. The van der Waals surface area contributed by atoms with Crippen LogP contribution in [0.25, 0.3) is 0 Å². The van der Waals surface area contributed by atoms with Gasteiger partial charge in [0.25, 0.3) is 0 Å². The van der Waals surface area contributed by atoms with Gasteiger partial charge in [-0.25, -0.2) is 4.98 Å². The first-order chi connectivity index (χ1) is 7.79. The summed E-state index contributed by atoms with van der Waals surface area (Å²) in [6.45, 7) is 4.20. The molecule has 0 spiro atoms. The van der Waals surface area contributed by atoms with E-state index in [2.05, 4.69) is 41.3 Å². The summed E-state index contributed by atoms with van der Waals surface area (Å²) in [5, 5.41) is 3.32. The lowest BCUT2D eigenvalue weighted by Gasteiger charge is -2.16. The molecule has 16 heavy (non-hydrogen) atoms. The van der Waals surface area contributed by atoms with Gasteiger partial charge in [0.1, 0.15) is 5.82 Å². The third-order valence-corrected chi connectivity index (χ3v) is 2.98. The maximum Gasteiger partial charge on any atom is 0.126 e. The Hall–Kier alpha value is -1.09. The Bertz CT molecular complexity index is 334. The second-order valence-corrected chi connectivity index (χ2v) is 4.62. The summed E-state index contributed by atoms with van der Waals surface area (Å²) in [4.78, 5) is 6.74. The number of pyridine rings is 1. The molecule has 1 aliphatic carbocycles. The van der Waals surface area contributed by atoms with Crippen LogP contribution >= 0.6 is 0 Å². The molecule has 0 amide bonds. The van der Waals surface area contributed by atoms with E-state index in [4.69, 9.17) is 0 Å². The van der Waals surface area contributed by atoms with Gasteiger partial charge in [0.05, 0.1) is 0 Å². The van der Waals surface area contributed by atoms with Crippen molar-refractivity contribution in [3.63, 3.8) is 0 Å². The van der Waals surface area contributed by atoms with E-state index in [9.17, 15) is 0 Å². The predicted molar refractivity (Wildman–Crippen MR) is 67.5 cm³/mol. The Labute approximate surface area is 97.9 Å². The molecular weight excluding hydrogens is 198 g/mol. The molecule has 0 unspecified atom stereocenters. The van der Waals surface area contributed by atoms with E-state index in [0.717, 1.165) is 31.4 Å². The Balaban J connectivity index is 1.92. The molecule has 0 radical (unpaired) electrons. The van der Waals surface area contributed by atoms with Gasteiger partial charge in [0.2, 0.25) is 0 Å². The number of nitrogens with one attached hydrogen (secondary N) is 1. The van der Waals surface area contributed by atoms with E-state index in [1.165, 1.54) is 18.4 Å². The average molecular weight is 219 g/mol. The largest absolute Gasteiger partial charge is 0.370 e. The Morgan fingerprint density at radius 2 is 2.31 bits per heavy atom. The zero-order valence-electron chi connectivity index (χ0n) is 10.2. The summed E-state index contributed by atoms with van der Waals surface area (Å²) >= 11 is 0. The van der Waals surface area contributed by atoms with Gasteiger partial charge in [-0.15, -0.1) is 0 Å². The first-order valence-corrected chi connectivity index (χ1v) is 6.18. The van der Waals surface area contributed by atoms with Gasteiger partial charge in [0, 0.05) is 25.3 Å². The first kappa shape index (κ1) is 11.4. The monoisotopic (exact) mass is 219 g/mol. The van der Waals surface area contributed by atoms with Gasteiger partial charge in [-0.3, -0.25) is 4.90 Å². The smallest absolute Gasteiger partial charge is 0.126 e. The summed E-state index contributed by atoms with van der Waals surface area (Å²) in [6, 6.07) is 5.09. The van der Waals surface area contributed by atoms with Crippen LogP contribution in [0.5, 0.6) is 0 Å². The zero-order valence-corrected chi connectivity index (χ0v) is 10.2. The van der Waals surface area contributed by atoms with Crippen LogP contribution in [0.2, 0.25) is 0 Å². The van der Waals surface area contributed by atoms with Gasteiger partial charge < -0.3 is 5.32 Å². The summed E-state index contributed by atoms with van der Waals surface area (Å²) in [6.07, 6.45) is 5.76. The summed E-state index contributed by atoms with van der Waals surface area (Å²) in [7, 11) is 2.21. The van der Waals surface area contributed by atoms with Crippen molar-refractivity contribution >= 4 is 5.82 Å². The van der Waals surface area contributed by atoms with Crippen molar-refractivity contribution in [1.82, 2.24) is 9.88 Å². The van der Waals surface area contributed by atoms with Crippen molar-refractivity contribution in [2.45, 2.75) is 38.8 Å². The van der Waals surface area contributed by atoms with E-state index in [0.29, 0.717) is 0 Å². The molecule has 2 rings (SSSR count). The highest BCUT2D eigenvalue weighted by Crippen LogP contribution is 2.26.